The van der Waals surface area contributed by atoms with Crippen LogP contribution in [0.1, 0.15) is 22.3 Å². The highest BCUT2D eigenvalue weighted by Crippen LogP contribution is 2.24. The van der Waals surface area contributed by atoms with Crippen molar-refractivity contribution in [2.75, 3.05) is 5.32 Å². The average Bonchev–Trinajstić information content (AvgIpc) is 3.07. The quantitative estimate of drug-likeness (QED) is 0.635. The van der Waals surface area contributed by atoms with Gasteiger partial charge in [-0.3, -0.25) is 14.3 Å². The van der Waals surface area contributed by atoms with E-state index in [1.165, 1.54) is 6.20 Å². The summed E-state index contributed by atoms with van der Waals surface area (Å²) in [6.45, 7) is 0.383. The predicted molar refractivity (Wildman–Crippen MR) is 102 cm³/mol. The fourth-order valence-corrected chi connectivity index (χ4v) is 2.78. The first-order valence-electron chi connectivity index (χ1n) is 7.90. The standard InChI is InChI=1S/C19H15Cl2N3O2/c20-14-6-7-17(16(10-14)19(26)13-4-2-1-3-5-13)23-18(25)8-9-24-12-15(21)11-22-24/h1-7,10-12H,8-9H2,(H,23,25). The van der Waals surface area contributed by atoms with Gasteiger partial charge in [0.15, 0.2) is 5.78 Å². The van der Waals surface area contributed by atoms with Crippen molar-refractivity contribution < 1.29 is 9.59 Å². The first kappa shape index (κ1) is 18.2. The minimum absolute atomic E-state index is 0.194. The molecule has 1 aromatic heterocycles. The van der Waals surface area contributed by atoms with Gasteiger partial charge in [0.25, 0.3) is 0 Å². The molecular formula is C19H15Cl2N3O2. The zero-order chi connectivity index (χ0) is 18.5. The Hall–Kier alpha value is -2.63. The molecule has 0 fully saturated rings. The number of hydrogen-bond acceptors (Lipinski definition) is 3. The first-order chi connectivity index (χ1) is 12.5. The molecule has 1 N–H and O–H groups in total. The molecule has 5 nitrogen and oxygen atoms in total. The molecule has 0 aliphatic carbocycles. The van der Waals surface area contributed by atoms with Crippen molar-refractivity contribution in [2.45, 2.75) is 13.0 Å². The van der Waals surface area contributed by atoms with Gasteiger partial charge in [0.05, 0.1) is 16.9 Å². The summed E-state index contributed by atoms with van der Waals surface area (Å²) in [5.74, 6) is -0.441. The molecule has 0 saturated carbocycles. The van der Waals surface area contributed by atoms with Gasteiger partial charge >= 0.3 is 0 Å². The predicted octanol–water partition coefficient (Wildman–Crippen LogP) is 4.45. The number of rotatable bonds is 6. The van der Waals surface area contributed by atoms with E-state index in [0.29, 0.717) is 33.4 Å². The van der Waals surface area contributed by atoms with Gasteiger partial charge in [0.2, 0.25) is 5.91 Å². The van der Waals surface area contributed by atoms with Gasteiger partial charge in [0.1, 0.15) is 0 Å². The Morgan fingerprint density at radius 3 is 2.50 bits per heavy atom. The minimum atomic E-state index is -0.235. The number of amides is 1. The van der Waals surface area contributed by atoms with E-state index in [4.69, 9.17) is 23.2 Å². The Kier molecular flexibility index (Phi) is 5.71. The van der Waals surface area contributed by atoms with Crippen molar-refractivity contribution in [3.8, 4) is 0 Å². The molecule has 2 aromatic carbocycles. The van der Waals surface area contributed by atoms with Gasteiger partial charge in [-0.05, 0) is 18.2 Å². The van der Waals surface area contributed by atoms with E-state index in [2.05, 4.69) is 10.4 Å². The van der Waals surface area contributed by atoms with E-state index in [0.717, 1.165) is 0 Å². The summed E-state index contributed by atoms with van der Waals surface area (Å²) >= 11 is 11.8. The van der Waals surface area contributed by atoms with Crippen LogP contribution in [0.2, 0.25) is 10.0 Å². The Morgan fingerprint density at radius 2 is 1.81 bits per heavy atom. The third-order valence-electron chi connectivity index (χ3n) is 3.71. The zero-order valence-corrected chi connectivity index (χ0v) is 15.2. The smallest absolute Gasteiger partial charge is 0.226 e. The summed E-state index contributed by atoms with van der Waals surface area (Å²) in [4.78, 5) is 25.0. The van der Waals surface area contributed by atoms with Crippen LogP contribution in [-0.2, 0) is 11.3 Å². The number of halogens is 2. The highest BCUT2D eigenvalue weighted by molar-refractivity contribution is 6.31. The van der Waals surface area contributed by atoms with Crippen molar-refractivity contribution in [3.63, 3.8) is 0 Å². The highest BCUT2D eigenvalue weighted by atomic mass is 35.5. The zero-order valence-electron chi connectivity index (χ0n) is 13.7. The van der Waals surface area contributed by atoms with Gasteiger partial charge in [-0.15, -0.1) is 0 Å². The number of carbonyl (C=O) groups is 2. The Morgan fingerprint density at radius 1 is 1.04 bits per heavy atom. The molecule has 0 saturated heterocycles. The summed E-state index contributed by atoms with van der Waals surface area (Å²) in [5, 5.41) is 7.74. The lowest BCUT2D eigenvalue weighted by molar-refractivity contribution is -0.116. The molecule has 0 aliphatic rings. The van der Waals surface area contributed by atoms with Gasteiger partial charge in [-0.1, -0.05) is 53.5 Å². The maximum absolute atomic E-state index is 12.7. The van der Waals surface area contributed by atoms with Gasteiger partial charge in [-0.2, -0.15) is 5.10 Å². The summed E-state index contributed by atoms with van der Waals surface area (Å²) in [5.41, 5.74) is 1.29. The van der Waals surface area contributed by atoms with E-state index in [1.54, 1.807) is 53.3 Å². The summed E-state index contributed by atoms with van der Waals surface area (Å²) in [7, 11) is 0. The molecular weight excluding hydrogens is 373 g/mol. The van der Waals surface area contributed by atoms with E-state index >= 15 is 0 Å². The number of carbonyl (C=O) groups excluding carboxylic acids is 2. The van der Waals surface area contributed by atoms with Crippen LogP contribution < -0.4 is 5.32 Å². The lowest BCUT2D eigenvalue weighted by Gasteiger charge is -2.11. The van der Waals surface area contributed by atoms with Crippen LogP contribution in [0.15, 0.2) is 60.9 Å². The number of nitrogens with zero attached hydrogens (tertiary/aromatic N) is 2. The SMILES string of the molecule is O=C(CCn1cc(Cl)cn1)Nc1ccc(Cl)cc1C(=O)c1ccccc1. The normalized spacial score (nSPS) is 10.5. The fraction of sp³-hybridized carbons (Fsp3) is 0.105. The van der Waals surface area contributed by atoms with Crippen LogP contribution in [0.5, 0.6) is 0 Å². The van der Waals surface area contributed by atoms with E-state index in [1.807, 2.05) is 6.07 Å². The summed E-state index contributed by atoms with van der Waals surface area (Å²) < 4.78 is 1.58. The molecule has 0 unspecified atom stereocenters. The first-order valence-corrected chi connectivity index (χ1v) is 8.65. The molecule has 1 heterocycles. The second-order valence-electron chi connectivity index (χ2n) is 5.60. The molecule has 0 aliphatic heterocycles. The van der Waals surface area contributed by atoms with Crippen LogP contribution in [-0.4, -0.2) is 21.5 Å². The third-order valence-corrected chi connectivity index (χ3v) is 4.14. The van der Waals surface area contributed by atoms with Crippen molar-refractivity contribution in [3.05, 3.63) is 82.1 Å². The number of ketones is 1. The molecule has 1 amide bonds. The molecule has 3 rings (SSSR count). The van der Waals surface area contributed by atoms with Crippen LogP contribution >= 0.6 is 23.2 Å². The number of benzene rings is 2. The van der Waals surface area contributed by atoms with Crippen LogP contribution in [0.25, 0.3) is 0 Å². The van der Waals surface area contributed by atoms with Gasteiger partial charge < -0.3 is 5.32 Å². The largest absolute Gasteiger partial charge is 0.325 e. The number of aryl methyl sites for hydroxylation is 1. The maximum Gasteiger partial charge on any atom is 0.226 e. The van der Waals surface area contributed by atoms with Gasteiger partial charge in [0, 0.05) is 35.3 Å². The average molecular weight is 388 g/mol. The molecule has 3 aromatic rings. The Bertz CT molecular complexity index is 939. The fourth-order valence-electron chi connectivity index (χ4n) is 2.45. The number of nitrogens with one attached hydrogen (secondary N) is 1. The second kappa shape index (κ2) is 8.17. The van der Waals surface area contributed by atoms with Gasteiger partial charge in [-0.25, -0.2) is 0 Å². The third kappa shape index (κ3) is 4.50. The number of anilines is 1. The second-order valence-corrected chi connectivity index (χ2v) is 6.48. The van der Waals surface area contributed by atoms with E-state index < -0.39 is 0 Å². The molecule has 7 heteroatoms. The van der Waals surface area contributed by atoms with Crippen LogP contribution in [0.4, 0.5) is 5.69 Å². The van der Waals surface area contributed by atoms with Crippen molar-refractivity contribution in [2.24, 2.45) is 0 Å². The Labute approximate surface area is 160 Å². The van der Waals surface area contributed by atoms with E-state index in [9.17, 15) is 9.59 Å². The minimum Gasteiger partial charge on any atom is -0.325 e. The van der Waals surface area contributed by atoms with Crippen molar-refractivity contribution in [1.82, 2.24) is 9.78 Å². The maximum atomic E-state index is 12.7. The van der Waals surface area contributed by atoms with Crippen molar-refractivity contribution >= 4 is 40.6 Å². The molecule has 132 valence electrons. The van der Waals surface area contributed by atoms with E-state index in [-0.39, 0.29) is 18.1 Å². The van der Waals surface area contributed by atoms with Crippen molar-refractivity contribution in [1.29, 1.82) is 0 Å². The lowest BCUT2D eigenvalue weighted by Crippen LogP contribution is -2.17. The molecule has 0 bridgehead atoms. The highest BCUT2D eigenvalue weighted by Gasteiger charge is 2.16. The Balaban J connectivity index is 1.75. The number of hydrogen-bond donors (Lipinski definition) is 1. The van der Waals surface area contributed by atoms with Crippen LogP contribution in [0.3, 0.4) is 0 Å². The topological polar surface area (TPSA) is 64.0 Å². The molecule has 0 atom stereocenters. The monoisotopic (exact) mass is 387 g/mol. The summed E-state index contributed by atoms with van der Waals surface area (Å²) in [6, 6.07) is 13.6. The molecule has 0 radical (unpaired) electrons. The molecule has 0 spiro atoms. The summed E-state index contributed by atoms with van der Waals surface area (Å²) in [6.07, 6.45) is 3.34. The lowest BCUT2D eigenvalue weighted by atomic mass is 10.0. The number of aromatic nitrogens is 2. The van der Waals surface area contributed by atoms with Crippen LogP contribution in [0, 0.1) is 0 Å². The molecule has 26 heavy (non-hydrogen) atoms.